The fourth-order valence-electron chi connectivity index (χ4n) is 2.03. The largest absolute Gasteiger partial charge is 0.360 e. The first kappa shape index (κ1) is 12.3. The molecular formula is C14H15N3OS. The van der Waals surface area contributed by atoms with Crippen molar-refractivity contribution < 1.29 is 4.52 Å². The van der Waals surface area contributed by atoms with Gasteiger partial charge in [0, 0.05) is 6.07 Å². The van der Waals surface area contributed by atoms with Crippen LogP contribution < -0.4 is 0 Å². The van der Waals surface area contributed by atoms with Gasteiger partial charge in [-0.05, 0) is 26.1 Å². The summed E-state index contributed by atoms with van der Waals surface area (Å²) in [5.74, 6) is 0.890. The van der Waals surface area contributed by atoms with Gasteiger partial charge in [0.1, 0.15) is 5.01 Å². The molecule has 2 heterocycles. The number of aryl methyl sites for hydroxylation is 1. The molecule has 2 aromatic heterocycles. The topological polar surface area (TPSA) is 42.2 Å². The van der Waals surface area contributed by atoms with E-state index in [1.807, 2.05) is 25.1 Å². The van der Waals surface area contributed by atoms with Crippen LogP contribution in [-0.2, 0) is 13.1 Å². The van der Waals surface area contributed by atoms with Crippen LogP contribution in [0, 0.1) is 6.92 Å². The third-order valence-electron chi connectivity index (χ3n) is 2.85. The maximum atomic E-state index is 5.22. The van der Waals surface area contributed by atoms with E-state index < -0.39 is 0 Å². The predicted octanol–water partition coefficient (Wildman–Crippen LogP) is 3.22. The molecule has 0 aliphatic heterocycles. The highest BCUT2D eigenvalue weighted by Gasteiger charge is 2.09. The third-order valence-corrected chi connectivity index (χ3v) is 3.87. The Bertz CT molecular complexity index is 656. The van der Waals surface area contributed by atoms with E-state index in [4.69, 9.17) is 4.52 Å². The van der Waals surface area contributed by atoms with Crippen molar-refractivity contribution in [3.63, 3.8) is 0 Å². The minimum Gasteiger partial charge on any atom is -0.360 e. The molecule has 4 nitrogen and oxygen atoms in total. The molecule has 0 N–H and O–H groups in total. The van der Waals surface area contributed by atoms with Gasteiger partial charge in [-0.3, -0.25) is 4.90 Å². The van der Waals surface area contributed by atoms with E-state index in [2.05, 4.69) is 34.2 Å². The van der Waals surface area contributed by atoms with Gasteiger partial charge in [0.25, 0.3) is 0 Å². The van der Waals surface area contributed by atoms with Crippen LogP contribution in [0.5, 0.6) is 0 Å². The molecule has 5 heteroatoms. The lowest BCUT2D eigenvalue weighted by molar-refractivity contribution is 0.266. The van der Waals surface area contributed by atoms with E-state index >= 15 is 0 Å². The van der Waals surface area contributed by atoms with Crippen molar-refractivity contribution in [2.24, 2.45) is 0 Å². The van der Waals surface area contributed by atoms with Crippen LogP contribution in [0.1, 0.15) is 16.5 Å². The summed E-state index contributed by atoms with van der Waals surface area (Å²) < 4.78 is 6.46. The minimum absolute atomic E-state index is 0.747. The van der Waals surface area contributed by atoms with Crippen LogP contribution in [0.3, 0.4) is 0 Å². The molecule has 19 heavy (non-hydrogen) atoms. The zero-order valence-electron chi connectivity index (χ0n) is 11.0. The average Bonchev–Trinajstić information content (AvgIpc) is 2.94. The molecule has 3 rings (SSSR count). The molecule has 1 aromatic carbocycles. The van der Waals surface area contributed by atoms with Crippen molar-refractivity contribution in [2.75, 3.05) is 7.05 Å². The van der Waals surface area contributed by atoms with Crippen LogP contribution in [0.4, 0.5) is 0 Å². The highest BCUT2D eigenvalue weighted by Crippen LogP contribution is 2.22. The average molecular weight is 273 g/mol. The SMILES string of the molecule is Cc1cc(CN(C)Cc2nc3ccccc3s2)on1. The highest BCUT2D eigenvalue weighted by atomic mass is 32.1. The smallest absolute Gasteiger partial charge is 0.150 e. The second-order valence-electron chi connectivity index (χ2n) is 4.68. The van der Waals surface area contributed by atoms with Crippen LogP contribution in [-0.4, -0.2) is 22.1 Å². The molecule has 98 valence electrons. The van der Waals surface area contributed by atoms with E-state index in [1.165, 1.54) is 4.70 Å². The summed E-state index contributed by atoms with van der Waals surface area (Å²) >= 11 is 1.74. The fourth-order valence-corrected chi connectivity index (χ4v) is 3.08. The minimum atomic E-state index is 0.747. The van der Waals surface area contributed by atoms with Gasteiger partial charge in [0.15, 0.2) is 5.76 Å². The van der Waals surface area contributed by atoms with Gasteiger partial charge in [-0.2, -0.15) is 0 Å². The summed E-state index contributed by atoms with van der Waals surface area (Å²) in [6, 6.07) is 10.2. The molecule has 0 atom stereocenters. The first-order valence-corrected chi connectivity index (χ1v) is 6.97. The molecule has 0 unspecified atom stereocenters. The number of thiazole rings is 1. The van der Waals surface area contributed by atoms with Crippen molar-refractivity contribution in [3.05, 3.63) is 46.8 Å². The highest BCUT2D eigenvalue weighted by molar-refractivity contribution is 7.18. The van der Waals surface area contributed by atoms with E-state index in [9.17, 15) is 0 Å². The molecule has 3 aromatic rings. The Morgan fingerprint density at radius 2 is 2.11 bits per heavy atom. The maximum Gasteiger partial charge on any atom is 0.150 e. The van der Waals surface area contributed by atoms with Gasteiger partial charge in [0.05, 0.1) is 29.0 Å². The predicted molar refractivity (Wildman–Crippen MR) is 76.0 cm³/mol. The Morgan fingerprint density at radius 3 is 2.84 bits per heavy atom. The molecular weight excluding hydrogens is 258 g/mol. The molecule has 0 amide bonds. The van der Waals surface area contributed by atoms with Crippen molar-refractivity contribution >= 4 is 21.6 Å². The van der Waals surface area contributed by atoms with Crippen molar-refractivity contribution in [3.8, 4) is 0 Å². The number of para-hydroxylation sites is 1. The van der Waals surface area contributed by atoms with Gasteiger partial charge in [-0.1, -0.05) is 17.3 Å². The molecule has 0 aliphatic carbocycles. The standard InChI is InChI=1S/C14H15N3OS/c1-10-7-11(18-16-10)8-17(2)9-14-15-12-5-3-4-6-13(12)19-14/h3-7H,8-9H2,1-2H3. The Labute approximate surface area is 115 Å². The molecule has 0 aliphatic rings. The number of rotatable bonds is 4. The summed E-state index contributed by atoms with van der Waals surface area (Å²) in [6.45, 7) is 3.50. The zero-order valence-corrected chi connectivity index (χ0v) is 11.8. The van der Waals surface area contributed by atoms with E-state index in [0.717, 1.165) is 35.1 Å². The molecule has 0 saturated heterocycles. The first-order chi connectivity index (χ1) is 9.20. The lowest BCUT2D eigenvalue weighted by atomic mass is 10.3. The van der Waals surface area contributed by atoms with Gasteiger partial charge in [-0.25, -0.2) is 4.98 Å². The normalized spacial score (nSPS) is 11.5. The van der Waals surface area contributed by atoms with Crippen LogP contribution in [0.25, 0.3) is 10.2 Å². The van der Waals surface area contributed by atoms with Crippen molar-refractivity contribution in [1.29, 1.82) is 0 Å². The van der Waals surface area contributed by atoms with Gasteiger partial charge in [0.2, 0.25) is 0 Å². The van der Waals surface area contributed by atoms with Crippen LogP contribution in [0.15, 0.2) is 34.9 Å². The molecule has 0 saturated carbocycles. The monoisotopic (exact) mass is 273 g/mol. The number of hydrogen-bond donors (Lipinski definition) is 0. The second-order valence-corrected chi connectivity index (χ2v) is 5.80. The fraction of sp³-hybridized carbons (Fsp3) is 0.286. The molecule has 0 bridgehead atoms. The number of nitrogens with zero attached hydrogens (tertiary/aromatic N) is 3. The van der Waals surface area contributed by atoms with E-state index in [0.29, 0.717) is 0 Å². The Kier molecular flexibility index (Phi) is 3.31. The Morgan fingerprint density at radius 1 is 1.26 bits per heavy atom. The number of benzene rings is 1. The van der Waals surface area contributed by atoms with Gasteiger partial charge < -0.3 is 4.52 Å². The van der Waals surface area contributed by atoms with Gasteiger partial charge in [-0.15, -0.1) is 11.3 Å². The summed E-state index contributed by atoms with van der Waals surface area (Å²) in [5.41, 5.74) is 2.00. The number of aromatic nitrogens is 2. The summed E-state index contributed by atoms with van der Waals surface area (Å²) in [4.78, 5) is 6.81. The lowest BCUT2D eigenvalue weighted by Crippen LogP contribution is -2.16. The summed E-state index contributed by atoms with van der Waals surface area (Å²) in [7, 11) is 2.06. The molecule has 0 radical (unpaired) electrons. The lowest BCUT2D eigenvalue weighted by Gasteiger charge is -2.12. The molecule has 0 fully saturated rings. The van der Waals surface area contributed by atoms with E-state index in [-0.39, 0.29) is 0 Å². The summed E-state index contributed by atoms with van der Waals surface area (Å²) in [5, 5.41) is 5.02. The number of fused-ring (bicyclic) bond motifs is 1. The quantitative estimate of drug-likeness (QED) is 0.732. The number of hydrogen-bond acceptors (Lipinski definition) is 5. The van der Waals surface area contributed by atoms with Crippen molar-refractivity contribution in [2.45, 2.75) is 20.0 Å². The molecule has 0 spiro atoms. The zero-order chi connectivity index (χ0) is 13.2. The van der Waals surface area contributed by atoms with Crippen molar-refractivity contribution in [1.82, 2.24) is 15.0 Å². The van der Waals surface area contributed by atoms with Crippen LogP contribution >= 0.6 is 11.3 Å². The van der Waals surface area contributed by atoms with Crippen LogP contribution in [0.2, 0.25) is 0 Å². The third kappa shape index (κ3) is 2.83. The second kappa shape index (κ2) is 5.11. The Hall–Kier alpha value is -1.72. The Balaban J connectivity index is 1.70. The van der Waals surface area contributed by atoms with E-state index in [1.54, 1.807) is 11.3 Å². The first-order valence-electron chi connectivity index (χ1n) is 6.16. The van der Waals surface area contributed by atoms with Gasteiger partial charge >= 0.3 is 0 Å². The maximum absolute atomic E-state index is 5.22. The summed E-state index contributed by atoms with van der Waals surface area (Å²) in [6.07, 6.45) is 0.